The highest BCUT2D eigenvalue weighted by molar-refractivity contribution is 6.30. The molecule has 3 rings (SSSR count). The molecule has 28 heavy (non-hydrogen) atoms. The third-order valence-electron chi connectivity index (χ3n) is 4.67. The van der Waals surface area contributed by atoms with Gasteiger partial charge < -0.3 is 4.90 Å². The largest absolute Gasteiger partial charge is 0.451 e. The van der Waals surface area contributed by atoms with E-state index in [1.165, 1.54) is 6.08 Å². The van der Waals surface area contributed by atoms with Gasteiger partial charge in [-0.1, -0.05) is 23.7 Å². The number of alkyl halides is 3. The normalized spacial score (nSPS) is 16.1. The van der Waals surface area contributed by atoms with Gasteiger partial charge >= 0.3 is 11.9 Å². The number of carbonyl (C=O) groups is 1. The van der Waals surface area contributed by atoms with E-state index in [2.05, 4.69) is 5.10 Å². The molecule has 1 aromatic heterocycles. The van der Waals surface area contributed by atoms with E-state index in [1.807, 2.05) is 0 Å². The topological polar surface area (TPSA) is 60.1 Å². The molecule has 0 N–H and O–H groups in total. The Kier molecular flexibility index (Phi) is 5.64. The number of amides is 1. The summed E-state index contributed by atoms with van der Waals surface area (Å²) in [6, 6.07) is 6.53. The van der Waals surface area contributed by atoms with E-state index in [4.69, 9.17) is 11.6 Å². The minimum absolute atomic E-state index is 0.197. The molecule has 1 aromatic carbocycles. The van der Waals surface area contributed by atoms with Crippen molar-refractivity contribution < 1.29 is 18.0 Å². The van der Waals surface area contributed by atoms with E-state index >= 15 is 0 Å². The Balaban J connectivity index is 1.64. The van der Waals surface area contributed by atoms with E-state index in [1.54, 1.807) is 35.2 Å². The summed E-state index contributed by atoms with van der Waals surface area (Å²) in [5.74, 6) is -1.42. The number of likely N-dealkylation sites (tertiary alicyclic amines) is 1. The number of benzene rings is 1. The Morgan fingerprint density at radius 3 is 2.36 bits per heavy atom. The molecule has 6 nitrogen and oxygen atoms in total. The van der Waals surface area contributed by atoms with Gasteiger partial charge in [0.05, 0.1) is 6.04 Å². The van der Waals surface area contributed by atoms with Gasteiger partial charge in [-0.25, -0.2) is 9.48 Å². The highest BCUT2D eigenvalue weighted by atomic mass is 35.5. The molecular formula is C18H18ClF3N4O2. The molecule has 150 valence electrons. The molecule has 1 fully saturated rings. The van der Waals surface area contributed by atoms with Crippen LogP contribution in [0.5, 0.6) is 0 Å². The summed E-state index contributed by atoms with van der Waals surface area (Å²) in [5.41, 5.74) is 0.0205. The van der Waals surface area contributed by atoms with Crippen LogP contribution in [-0.2, 0) is 18.0 Å². The lowest BCUT2D eigenvalue weighted by Gasteiger charge is -2.30. The van der Waals surface area contributed by atoms with Gasteiger partial charge in [0.2, 0.25) is 11.7 Å². The van der Waals surface area contributed by atoms with Crippen LogP contribution in [0.4, 0.5) is 13.2 Å². The monoisotopic (exact) mass is 414 g/mol. The van der Waals surface area contributed by atoms with Gasteiger partial charge in [0.15, 0.2) is 0 Å². The van der Waals surface area contributed by atoms with Gasteiger partial charge in [-0.05, 0) is 36.6 Å². The van der Waals surface area contributed by atoms with Gasteiger partial charge in [-0.15, -0.1) is 5.10 Å². The summed E-state index contributed by atoms with van der Waals surface area (Å²) < 4.78 is 40.2. The van der Waals surface area contributed by atoms with Crippen molar-refractivity contribution in [3.63, 3.8) is 0 Å². The van der Waals surface area contributed by atoms with Crippen LogP contribution in [-0.4, -0.2) is 38.2 Å². The Bertz CT molecular complexity index is 939. The second-order valence-electron chi connectivity index (χ2n) is 6.55. The molecule has 0 radical (unpaired) electrons. The first kappa shape index (κ1) is 20.2. The number of halogens is 4. The van der Waals surface area contributed by atoms with Crippen LogP contribution in [0.2, 0.25) is 5.02 Å². The zero-order valence-corrected chi connectivity index (χ0v) is 15.7. The lowest BCUT2D eigenvalue weighted by Crippen LogP contribution is -2.40. The molecule has 1 saturated heterocycles. The third kappa shape index (κ3) is 4.30. The second-order valence-corrected chi connectivity index (χ2v) is 6.99. The fourth-order valence-electron chi connectivity index (χ4n) is 3.12. The fraction of sp³-hybridized carbons (Fsp3) is 0.389. The number of nitrogens with zero attached hydrogens (tertiary/aromatic N) is 4. The molecule has 1 aliphatic rings. The number of piperidine rings is 1. The van der Waals surface area contributed by atoms with Crippen molar-refractivity contribution in [3.8, 4) is 0 Å². The fourth-order valence-corrected chi connectivity index (χ4v) is 3.24. The minimum Gasteiger partial charge on any atom is -0.339 e. The summed E-state index contributed by atoms with van der Waals surface area (Å²) in [6.07, 6.45) is -0.867. The predicted molar refractivity (Wildman–Crippen MR) is 97.8 cm³/mol. The van der Waals surface area contributed by atoms with Crippen molar-refractivity contribution in [2.45, 2.75) is 25.1 Å². The van der Waals surface area contributed by atoms with Crippen LogP contribution in [0.15, 0.2) is 35.1 Å². The van der Waals surface area contributed by atoms with Crippen molar-refractivity contribution in [2.75, 3.05) is 13.1 Å². The molecule has 1 aliphatic heterocycles. The Morgan fingerprint density at radius 2 is 1.82 bits per heavy atom. The van der Waals surface area contributed by atoms with E-state index in [9.17, 15) is 22.8 Å². The SMILES string of the molecule is Cn1c(C(F)(F)F)nn(C2CCN(C(=O)/C=C/c3ccc(Cl)cc3)CC2)c1=O. The molecule has 0 aliphatic carbocycles. The molecule has 0 spiro atoms. The van der Waals surface area contributed by atoms with E-state index in [0.717, 1.165) is 17.3 Å². The average Bonchev–Trinajstić information content (AvgIpc) is 2.96. The van der Waals surface area contributed by atoms with Crippen molar-refractivity contribution in [1.82, 2.24) is 19.2 Å². The van der Waals surface area contributed by atoms with E-state index in [0.29, 0.717) is 35.5 Å². The number of carbonyl (C=O) groups excluding carboxylic acids is 1. The Morgan fingerprint density at radius 1 is 1.21 bits per heavy atom. The summed E-state index contributed by atoms with van der Waals surface area (Å²) >= 11 is 5.82. The molecule has 10 heteroatoms. The minimum atomic E-state index is -4.69. The zero-order chi connectivity index (χ0) is 20.5. The molecule has 0 bridgehead atoms. The summed E-state index contributed by atoms with van der Waals surface area (Å²) in [4.78, 5) is 26.0. The van der Waals surface area contributed by atoms with Gasteiger partial charge in [0, 0.05) is 31.2 Å². The van der Waals surface area contributed by atoms with Crippen molar-refractivity contribution in [3.05, 3.63) is 57.2 Å². The lowest BCUT2D eigenvalue weighted by atomic mass is 10.1. The highest BCUT2D eigenvalue weighted by Gasteiger charge is 2.39. The molecule has 0 atom stereocenters. The molecular weight excluding hydrogens is 397 g/mol. The van der Waals surface area contributed by atoms with E-state index in [-0.39, 0.29) is 5.91 Å². The quantitative estimate of drug-likeness (QED) is 0.725. The predicted octanol–water partition coefficient (Wildman–Crippen LogP) is 3.13. The van der Waals surface area contributed by atoms with Gasteiger partial charge in [-0.3, -0.25) is 9.36 Å². The van der Waals surface area contributed by atoms with Crippen LogP contribution < -0.4 is 5.69 Å². The summed E-state index contributed by atoms with van der Waals surface area (Å²) in [6.45, 7) is 0.664. The number of rotatable bonds is 3. The van der Waals surface area contributed by atoms with Crippen molar-refractivity contribution in [2.24, 2.45) is 7.05 Å². The number of hydrogen-bond acceptors (Lipinski definition) is 3. The van der Waals surface area contributed by atoms with E-state index < -0.39 is 23.7 Å². The van der Waals surface area contributed by atoms with Crippen LogP contribution in [0, 0.1) is 0 Å². The molecule has 1 amide bonds. The second kappa shape index (κ2) is 7.83. The highest BCUT2D eigenvalue weighted by Crippen LogP contribution is 2.28. The maximum Gasteiger partial charge on any atom is 0.451 e. The summed E-state index contributed by atoms with van der Waals surface area (Å²) in [7, 11) is 1.05. The molecule has 0 unspecified atom stereocenters. The number of aromatic nitrogens is 3. The van der Waals surface area contributed by atoms with Gasteiger partial charge in [-0.2, -0.15) is 13.2 Å². The van der Waals surface area contributed by atoms with Crippen LogP contribution >= 0.6 is 11.6 Å². The number of hydrogen-bond donors (Lipinski definition) is 0. The zero-order valence-electron chi connectivity index (χ0n) is 15.0. The third-order valence-corrected chi connectivity index (χ3v) is 4.92. The van der Waals surface area contributed by atoms with Crippen molar-refractivity contribution in [1.29, 1.82) is 0 Å². The first-order valence-electron chi connectivity index (χ1n) is 8.62. The van der Waals surface area contributed by atoms with Crippen LogP contribution in [0.1, 0.15) is 30.3 Å². The lowest BCUT2D eigenvalue weighted by molar-refractivity contribution is -0.147. The molecule has 0 saturated carbocycles. The maximum absolute atomic E-state index is 12.9. The molecule has 2 heterocycles. The first-order valence-corrected chi connectivity index (χ1v) is 9.00. The van der Waals surface area contributed by atoms with Crippen molar-refractivity contribution >= 4 is 23.6 Å². The molecule has 2 aromatic rings. The Hall–Kier alpha value is -2.55. The smallest absolute Gasteiger partial charge is 0.339 e. The summed E-state index contributed by atoms with van der Waals surface area (Å²) in [5, 5.41) is 4.07. The van der Waals surface area contributed by atoms with Gasteiger partial charge in [0.1, 0.15) is 0 Å². The maximum atomic E-state index is 12.9. The van der Waals surface area contributed by atoms with Gasteiger partial charge in [0.25, 0.3) is 0 Å². The Labute approximate surface area is 163 Å². The average molecular weight is 415 g/mol. The van der Waals surface area contributed by atoms with Crippen LogP contribution in [0.25, 0.3) is 6.08 Å². The first-order chi connectivity index (χ1) is 13.2. The standard InChI is InChI=1S/C18H18ClF3N4O2/c1-24-16(18(20,21)22)23-26(17(24)28)14-8-10-25(11-9-14)15(27)7-4-12-2-5-13(19)6-3-12/h2-7,14H,8-11H2,1H3/b7-4+. The van der Waals surface area contributed by atoms with Crippen LogP contribution in [0.3, 0.4) is 0 Å².